The van der Waals surface area contributed by atoms with Gasteiger partial charge in [0.2, 0.25) is 0 Å². The van der Waals surface area contributed by atoms with Crippen molar-refractivity contribution in [1.82, 2.24) is 20.4 Å². The summed E-state index contributed by atoms with van der Waals surface area (Å²) in [5.74, 6) is 1.36. The summed E-state index contributed by atoms with van der Waals surface area (Å²) in [6.07, 6.45) is 3.81. The first-order chi connectivity index (χ1) is 10.7. The van der Waals surface area contributed by atoms with E-state index in [0.717, 1.165) is 32.1 Å². The molecule has 0 saturated carbocycles. The standard InChI is InChI=1S/C16H25N5S.HI/c1-4-17-16(19-11-15-7-6-14(3)22-15)18-10-13(2)12-21-9-5-8-20-21;/h5-9,13H,4,10-12H2,1-3H3,(H2,17,18,19);1H. The molecule has 0 aromatic carbocycles. The van der Waals surface area contributed by atoms with Crippen LogP contribution in [-0.4, -0.2) is 28.8 Å². The van der Waals surface area contributed by atoms with Crippen LogP contribution in [0.5, 0.6) is 0 Å². The van der Waals surface area contributed by atoms with Crippen LogP contribution in [0.4, 0.5) is 0 Å². The topological polar surface area (TPSA) is 54.2 Å². The van der Waals surface area contributed by atoms with Gasteiger partial charge in [-0.05, 0) is 38.0 Å². The van der Waals surface area contributed by atoms with Gasteiger partial charge in [-0.15, -0.1) is 35.3 Å². The Hall–Kier alpha value is -1.09. The maximum absolute atomic E-state index is 4.65. The summed E-state index contributed by atoms with van der Waals surface area (Å²) >= 11 is 1.80. The summed E-state index contributed by atoms with van der Waals surface area (Å²) in [6, 6.07) is 6.24. The van der Waals surface area contributed by atoms with E-state index < -0.39 is 0 Å². The quantitative estimate of drug-likeness (QED) is 0.389. The van der Waals surface area contributed by atoms with Crippen LogP contribution >= 0.6 is 35.3 Å². The van der Waals surface area contributed by atoms with Crippen molar-refractivity contribution in [3.05, 3.63) is 40.3 Å². The highest BCUT2D eigenvalue weighted by Crippen LogP contribution is 2.15. The molecule has 0 fully saturated rings. The van der Waals surface area contributed by atoms with Crippen molar-refractivity contribution in [2.24, 2.45) is 10.9 Å². The third-order valence-corrected chi connectivity index (χ3v) is 4.19. The third-order valence-electron chi connectivity index (χ3n) is 3.21. The molecule has 1 atom stereocenters. The zero-order chi connectivity index (χ0) is 15.8. The molecule has 2 rings (SSSR count). The Labute approximate surface area is 159 Å². The van der Waals surface area contributed by atoms with E-state index in [2.05, 4.69) is 53.6 Å². The Kier molecular flexibility index (Phi) is 9.23. The smallest absolute Gasteiger partial charge is 0.191 e. The minimum Gasteiger partial charge on any atom is -0.357 e. The van der Waals surface area contributed by atoms with E-state index in [0.29, 0.717) is 5.92 Å². The molecule has 0 aliphatic carbocycles. The maximum Gasteiger partial charge on any atom is 0.191 e. The zero-order valence-electron chi connectivity index (χ0n) is 14.0. The number of nitrogens with zero attached hydrogens (tertiary/aromatic N) is 3. The molecule has 0 aliphatic heterocycles. The van der Waals surface area contributed by atoms with Crippen LogP contribution in [-0.2, 0) is 13.1 Å². The zero-order valence-corrected chi connectivity index (χ0v) is 17.1. The van der Waals surface area contributed by atoms with Gasteiger partial charge in [-0.25, -0.2) is 4.99 Å². The Morgan fingerprint density at radius 2 is 2.22 bits per heavy atom. The Morgan fingerprint density at radius 1 is 1.39 bits per heavy atom. The van der Waals surface area contributed by atoms with Crippen LogP contribution in [0, 0.1) is 12.8 Å². The van der Waals surface area contributed by atoms with Gasteiger partial charge in [-0.3, -0.25) is 4.68 Å². The lowest BCUT2D eigenvalue weighted by atomic mass is 10.2. The lowest BCUT2D eigenvalue weighted by molar-refractivity contribution is 0.443. The number of thiophene rings is 1. The molecule has 2 heterocycles. The Bertz CT molecular complexity index is 579. The van der Waals surface area contributed by atoms with E-state index in [1.54, 1.807) is 11.3 Å². The van der Waals surface area contributed by atoms with Crippen molar-refractivity contribution < 1.29 is 0 Å². The Morgan fingerprint density at radius 3 is 2.83 bits per heavy atom. The van der Waals surface area contributed by atoms with Crippen LogP contribution in [0.3, 0.4) is 0 Å². The highest BCUT2D eigenvalue weighted by molar-refractivity contribution is 14.0. The van der Waals surface area contributed by atoms with Gasteiger partial charge in [0, 0.05) is 41.8 Å². The highest BCUT2D eigenvalue weighted by atomic mass is 127. The molecule has 0 radical (unpaired) electrons. The molecule has 2 aromatic heterocycles. The van der Waals surface area contributed by atoms with Crippen molar-refractivity contribution in [3.8, 4) is 0 Å². The molecule has 7 heteroatoms. The first-order valence-corrected chi connectivity index (χ1v) is 8.54. The van der Waals surface area contributed by atoms with E-state index in [-0.39, 0.29) is 24.0 Å². The molecule has 1 unspecified atom stereocenters. The van der Waals surface area contributed by atoms with Gasteiger partial charge >= 0.3 is 0 Å². The number of aromatic nitrogens is 2. The van der Waals surface area contributed by atoms with E-state index in [4.69, 9.17) is 0 Å². The van der Waals surface area contributed by atoms with Crippen LogP contribution in [0.25, 0.3) is 0 Å². The van der Waals surface area contributed by atoms with Crippen molar-refractivity contribution >= 4 is 41.3 Å². The molecular formula is C16H26IN5S. The fraction of sp³-hybridized carbons (Fsp3) is 0.500. The summed E-state index contributed by atoms with van der Waals surface area (Å²) in [4.78, 5) is 7.27. The van der Waals surface area contributed by atoms with E-state index in [1.165, 1.54) is 9.75 Å². The maximum atomic E-state index is 4.65. The third kappa shape index (κ3) is 7.34. The number of halogens is 1. The average molecular weight is 447 g/mol. The SMILES string of the molecule is CCNC(=NCc1ccc(C)s1)NCC(C)Cn1cccn1.I. The number of aliphatic imine (C=N–C) groups is 1. The van der Waals surface area contributed by atoms with Crippen molar-refractivity contribution in [1.29, 1.82) is 0 Å². The van der Waals surface area contributed by atoms with Crippen molar-refractivity contribution in [2.75, 3.05) is 13.1 Å². The van der Waals surface area contributed by atoms with Gasteiger partial charge in [0.05, 0.1) is 6.54 Å². The minimum absolute atomic E-state index is 0. The molecule has 23 heavy (non-hydrogen) atoms. The summed E-state index contributed by atoms with van der Waals surface area (Å²) in [7, 11) is 0. The molecular weight excluding hydrogens is 421 g/mol. The van der Waals surface area contributed by atoms with E-state index >= 15 is 0 Å². The fourth-order valence-electron chi connectivity index (χ4n) is 2.13. The minimum atomic E-state index is 0. The summed E-state index contributed by atoms with van der Waals surface area (Å²) in [5, 5.41) is 10.9. The second-order valence-electron chi connectivity index (χ2n) is 5.42. The monoisotopic (exact) mass is 447 g/mol. The molecule has 5 nitrogen and oxygen atoms in total. The lowest BCUT2D eigenvalue weighted by Crippen LogP contribution is -2.40. The molecule has 0 spiro atoms. The normalized spacial score (nSPS) is 12.6. The predicted octanol–water partition coefficient (Wildman–Crippen LogP) is 3.26. The first-order valence-electron chi connectivity index (χ1n) is 7.72. The van der Waals surface area contributed by atoms with E-state index in [9.17, 15) is 0 Å². The van der Waals surface area contributed by atoms with Crippen LogP contribution in [0.2, 0.25) is 0 Å². The van der Waals surface area contributed by atoms with Crippen LogP contribution in [0.1, 0.15) is 23.6 Å². The molecule has 0 aliphatic rings. The fourth-order valence-corrected chi connectivity index (χ4v) is 2.95. The van der Waals surface area contributed by atoms with Gasteiger partial charge in [-0.2, -0.15) is 5.10 Å². The number of rotatable bonds is 7. The number of hydrogen-bond acceptors (Lipinski definition) is 3. The number of guanidine groups is 1. The summed E-state index contributed by atoms with van der Waals surface area (Å²) < 4.78 is 1.96. The summed E-state index contributed by atoms with van der Waals surface area (Å²) in [5.41, 5.74) is 0. The van der Waals surface area contributed by atoms with E-state index in [1.807, 2.05) is 23.1 Å². The highest BCUT2D eigenvalue weighted by Gasteiger charge is 2.05. The van der Waals surface area contributed by atoms with Gasteiger partial charge in [0.15, 0.2) is 5.96 Å². The Balaban J connectivity index is 0.00000264. The summed E-state index contributed by atoms with van der Waals surface area (Å²) in [6.45, 7) is 9.78. The number of hydrogen-bond donors (Lipinski definition) is 2. The predicted molar refractivity (Wildman–Crippen MR) is 109 cm³/mol. The largest absolute Gasteiger partial charge is 0.357 e. The second-order valence-corrected chi connectivity index (χ2v) is 6.79. The molecule has 0 amide bonds. The van der Waals surface area contributed by atoms with Gasteiger partial charge in [-0.1, -0.05) is 6.92 Å². The van der Waals surface area contributed by atoms with Crippen LogP contribution in [0.15, 0.2) is 35.6 Å². The molecule has 0 saturated heterocycles. The van der Waals surface area contributed by atoms with Gasteiger partial charge in [0.25, 0.3) is 0 Å². The first kappa shape index (κ1) is 20.0. The van der Waals surface area contributed by atoms with Crippen molar-refractivity contribution in [2.45, 2.75) is 33.9 Å². The molecule has 2 aromatic rings. The lowest BCUT2D eigenvalue weighted by Gasteiger charge is -2.15. The molecule has 0 bridgehead atoms. The van der Waals surface area contributed by atoms with Gasteiger partial charge in [0.1, 0.15) is 0 Å². The van der Waals surface area contributed by atoms with Crippen molar-refractivity contribution in [3.63, 3.8) is 0 Å². The number of nitrogens with one attached hydrogen (secondary N) is 2. The van der Waals surface area contributed by atoms with Gasteiger partial charge < -0.3 is 10.6 Å². The number of aryl methyl sites for hydroxylation is 1. The average Bonchev–Trinajstić information content (AvgIpc) is 3.13. The molecule has 128 valence electrons. The van der Waals surface area contributed by atoms with Crippen LogP contribution < -0.4 is 10.6 Å². The molecule has 2 N–H and O–H groups in total. The second kappa shape index (κ2) is 10.6.